The molecule has 0 unspecified atom stereocenters. The van der Waals surface area contributed by atoms with Crippen LogP contribution in [0.5, 0.6) is 0 Å². The van der Waals surface area contributed by atoms with Gasteiger partial charge in [-0.15, -0.1) is 0 Å². The van der Waals surface area contributed by atoms with Crippen LogP contribution in [0.1, 0.15) is 0 Å². The van der Waals surface area contributed by atoms with Crippen LogP contribution < -0.4 is 4.90 Å². The van der Waals surface area contributed by atoms with Gasteiger partial charge in [0.1, 0.15) is 0 Å². The van der Waals surface area contributed by atoms with Gasteiger partial charge in [-0.2, -0.15) is 0 Å². The van der Waals surface area contributed by atoms with E-state index in [2.05, 4.69) is 290 Å². The Bertz CT molecular complexity index is 4310. The van der Waals surface area contributed by atoms with Crippen molar-refractivity contribution in [2.75, 3.05) is 4.90 Å². The average molecular weight is 926 g/mol. The van der Waals surface area contributed by atoms with Gasteiger partial charge in [0.2, 0.25) is 0 Å². The Morgan fingerprint density at radius 2 is 0.466 bits per heavy atom. The van der Waals surface area contributed by atoms with Crippen LogP contribution in [0.2, 0.25) is 0 Å². The summed E-state index contributed by atoms with van der Waals surface area (Å²) in [7, 11) is 0. The van der Waals surface area contributed by atoms with E-state index < -0.39 is 0 Å². The number of nitrogens with zero attached hydrogens (tertiary/aromatic N) is 1. The van der Waals surface area contributed by atoms with Gasteiger partial charge in [0.05, 0.1) is 0 Å². The highest BCUT2D eigenvalue weighted by Gasteiger charge is 2.21. The van der Waals surface area contributed by atoms with Crippen molar-refractivity contribution in [3.8, 4) is 55.6 Å². The number of benzene rings is 14. The van der Waals surface area contributed by atoms with E-state index in [1.807, 2.05) is 0 Å². The lowest BCUT2D eigenvalue weighted by molar-refractivity contribution is 1.28. The first-order chi connectivity index (χ1) is 36.2. The molecule has 0 spiro atoms. The average Bonchev–Trinajstić information content (AvgIpc) is 3.46. The molecule has 0 amide bonds. The van der Waals surface area contributed by atoms with Crippen LogP contribution >= 0.6 is 0 Å². The molecule has 0 aliphatic rings. The maximum atomic E-state index is 2.44. The highest BCUT2D eigenvalue weighted by atomic mass is 15.1. The molecule has 0 saturated carbocycles. The second-order valence-corrected chi connectivity index (χ2v) is 19.2. The van der Waals surface area contributed by atoms with Crippen molar-refractivity contribution in [2.24, 2.45) is 0 Å². The molecule has 340 valence electrons. The summed E-state index contributed by atoms with van der Waals surface area (Å²) >= 11 is 0. The Morgan fingerprint density at radius 1 is 0.164 bits per heavy atom. The molecule has 0 bridgehead atoms. The Balaban J connectivity index is 0.904. The third-order valence-electron chi connectivity index (χ3n) is 15.0. The zero-order valence-electron chi connectivity index (χ0n) is 40.1. The standard InChI is InChI=1S/C72H47N/c1-3-21-58(22-4-1)73(59-23-5-2-6-24-59)60-42-39-52(40-43-60)70-63-27-13-11-25-61(63)69(62-26-12-14-28-64(62)70)51-35-31-50(32-36-51)55-41-44-67-68(47-55)72(57-38-34-49-18-8-10-20-54(49)46-57)66-30-16-15-29-65(66)71(67)56-37-33-48-17-7-9-19-53(48)45-56/h1-47H. The molecule has 1 nitrogen and oxygen atoms in total. The van der Waals surface area contributed by atoms with E-state index in [9.17, 15) is 0 Å². The number of rotatable bonds is 8. The van der Waals surface area contributed by atoms with Gasteiger partial charge in [-0.05, 0) is 175 Å². The molecule has 0 atom stereocenters. The van der Waals surface area contributed by atoms with E-state index in [1.54, 1.807) is 0 Å². The lowest BCUT2D eigenvalue weighted by Crippen LogP contribution is -2.09. The van der Waals surface area contributed by atoms with Gasteiger partial charge in [0.15, 0.2) is 0 Å². The summed E-state index contributed by atoms with van der Waals surface area (Å²) < 4.78 is 0. The van der Waals surface area contributed by atoms with E-state index in [0.717, 1.165) is 17.1 Å². The number of anilines is 3. The quantitative estimate of drug-likeness (QED) is 0.137. The van der Waals surface area contributed by atoms with Gasteiger partial charge >= 0.3 is 0 Å². The Labute approximate surface area is 425 Å². The van der Waals surface area contributed by atoms with Crippen LogP contribution in [0, 0.1) is 0 Å². The SMILES string of the molecule is c1ccc(N(c2ccccc2)c2ccc(-c3c4ccccc4c(-c4ccc(-c5ccc6c(-c7ccc8ccccc8c7)c7ccccc7c(-c7ccc8ccccc8c7)c6c5)cc4)c4ccccc34)cc2)cc1. The number of fused-ring (bicyclic) bond motifs is 6. The van der Waals surface area contributed by atoms with E-state index in [0.29, 0.717) is 0 Å². The molecule has 14 aromatic rings. The summed E-state index contributed by atoms with van der Waals surface area (Å²) in [5.74, 6) is 0. The first-order valence-electron chi connectivity index (χ1n) is 25.2. The minimum Gasteiger partial charge on any atom is -0.311 e. The lowest BCUT2D eigenvalue weighted by Gasteiger charge is -2.25. The van der Waals surface area contributed by atoms with Crippen LogP contribution in [-0.4, -0.2) is 0 Å². The second-order valence-electron chi connectivity index (χ2n) is 19.2. The van der Waals surface area contributed by atoms with Gasteiger partial charge < -0.3 is 4.90 Å². The first kappa shape index (κ1) is 42.3. The van der Waals surface area contributed by atoms with E-state index in [4.69, 9.17) is 0 Å². The first-order valence-corrected chi connectivity index (χ1v) is 25.2. The van der Waals surface area contributed by atoms with Crippen molar-refractivity contribution in [1.29, 1.82) is 0 Å². The minimum atomic E-state index is 1.11. The summed E-state index contributed by atoms with van der Waals surface area (Å²) in [6.07, 6.45) is 0. The zero-order valence-corrected chi connectivity index (χ0v) is 40.1. The smallest absolute Gasteiger partial charge is 0.0462 e. The predicted octanol–water partition coefficient (Wildman–Crippen LogP) is 20.4. The second kappa shape index (κ2) is 17.7. The largest absolute Gasteiger partial charge is 0.311 e. The predicted molar refractivity (Wildman–Crippen MR) is 313 cm³/mol. The van der Waals surface area contributed by atoms with Gasteiger partial charge in [-0.1, -0.05) is 231 Å². The van der Waals surface area contributed by atoms with Crippen molar-refractivity contribution in [2.45, 2.75) is 0 Å². The summed E-state index contributed by atoms with van der Waals surface area (Å²) in [5, 5.41) is 14.9. The highest BCUT2D eigenvalue weighted by Crippen LogP contribution is 2.48. The molecule has 0 radical (unpaired) electrons. The van der Waals surface area contributed by atoms with Crippen LogP contribution in [0.3, 0.4) is 0 Å². The molecular weight excluding hydrogens is 879 g/mol. The number of hydrogen-bond acceptors (Lipinski definition) is 1. The molecule has 0 saturated heterocycles. The van der Waals surface area contributed by atoms with Crippen molar-refractivity contribution in [3.63, 3.8) is 0 Å². The summed E-state index contributed by atoms with van der Waals surface area (Å²) in [6.45, 7) is 0. The molecule has 0 fully saturated rings. The van der Waals surface area contributed by atoms with Gasteiger partial charge in [0, 0.05) is 17.1 Å². The Morgan fingerprint density at radius 3 is 0.918 bits per heavy atom. The van der Waals surface area contributed by atoms with Crippen LogP contribution in [0.4, 0.5) is 17.1 Å². The molecule has 1 heteroatoms. The molecule has 73 heavy (non-hydrogen) atoms. The maximum absolute atomic E-state index is 2.44. The van der Waals surface area contributed by atoms with Crippen molar-refractivity contribution in [1.82, 2.24) is 0 Å². The topological polar surface area (TPSA) is 3.24 Å². The highest BCUT2D eigenvalue weighted by molar-refractivity contribution is 6.24. The number of para-hydroxylation sites is 2. The normalized spacial score (nSPS) is 11.6. The van der Waals surface area contributed by atoms with E-state index in [-0.39, 0.29) is 0 Å². The maximum Gasteiger partial charge on any atom is 0.0462 e. The van der Waals surface area contributed by atoms with Gasteiger partial charge in [-0.3, -0.25) is 0 Å². The molecular formula is C72H47N. The van der Waals surface area contributed by atoms with Crippen LogP contribution in [-0.2, 0) is 0 Å². The Hall–Kier alpha value is -9.56. The van der Waals surface area contributed by atoms with Crippen LogP contribution in [0.15, 0.2) is 285 Å². The molecule has 0 aliphatic heterocycles. The molecule has 0 aliphatic carbocycles. The summed E-state index contributed by atoms with van der Waals surface area (Å²) in [4.78, 5) is 2.32. The Kier molecular flexibility index (Phi) is 10.3. The third-order valence-corrected chi connectivity index (χ3v) is 15.0. The zero-order chi connectivity index (χ0) is 48.2. The summed E-state index contributed by atoms with van der Waals surface area (Å²) in [5.41, 5.74) is 15.6. The molecule has 0 N–H and O–H groups in total. The van der Waals surface area contributed by atoms with Crippen molar-refractivity contribution < 1.29 is 0 Å². The van der Waals surface area contributed by atoms with E-state index >= 15 is 0 Å². The number of hydrogen-bond donors (Lipinski definition) is 0. The molecule has 14 aromatic carbocycles. The van der Waals surface area contributed by atoms with Gasteiger partial charge in [-0.25, -0.2) is 0 Å². The van der Waals surface area contributed by atoms with Crippen LogP contribution in [0.25, 0.3) is 120 Å². The fourth-order valence-corrected chi connectivity index (χ4v) is 11.6. The molecule has 0 heterocycles. The monoisotopic (exact) mass is 925 g/mol. The fraction of sp³-hybridized carbons (Fsp3) is 0. The van der Waals surface area contributed by atoms with Gasteiger partial charge in [0.25, 0.3) is 0 Å². The molecule has 14 rings (SSSR count). The lowest BCUT2D eigenvalue weighted by atomic mass is 9.84. The summed E-state index contributed by atoms with van der Waals surface area (Å²) in [6, 6.07) is 105. The fourth-order valence-electron chi connectivity index (χ4n) is 11.6. The minimum absolute atomic E-state index is 1.11. The van der Waals surface area contributed by atoms with E-state index in [1.165, 1.54) is 120 Å². The van der Waals surface area contributed by atoms with Crippen molar-refractivity contribution >= 4 is 81.7 Å². The molecule has 0 aromatic heterocycles. The van der Waals surface area contributed by atoms with Crippen molar-refractivity contribution in [3.05, 3.63) is 285 Å². The third kappa shape index (κ3) is 7.33.